The van der Waals surface area contributed by atoms with E-state index in [1.165, 1.54) is 36.4 Å². The molecule has 4 rings (SSSR count). The van der Waals surface area contributed by atoms with Crippen molar-refractivity contribution in [2.24, 2.45) is 0 Å². The van der Waals surface area contributed by atoms with Crippen LogP contribution in [-0.4, -0.2) is 18.4 Å². The fourth-order valence-electron chi connectivity index (χ4n) is 2.76. The highest BCUT2D eigenvalue weighted by molar-refractivity contribution is 7.91. The van der Waals surface area contributed by atoms with Gasteiger partial charge < -0.3 is 4.98 Å². The van der Waals surface area contributed by atoms with E-state index in [-0.39, 0.29) is 15.4 Å². The fraction of sp³-hybridized carbons (Fsp3) is 0. The predicted molar refractivity (Wildman–Crippen MR) is 105 cm³/mol. The summed E-state index contributed by atoms with van der Waals surface area (Å²) in [7, 11) is -3.65. The van der Waals surface area contributed by atoms with Crippen LogP contribution in [0.5, 0.6) is 0 Å². The number of hydrogen-bond acceptors (Lipinski definition) is 4. The average Bonchev–Trinajstić information content (AvgIpc) is 2.68. The standard InChI is InChI=1S/C20H13ClN2O3S/c21-14-7-11-16(12-8-14)27(25,26)15-9-5-13(6-10-15)19-22-18-4-2-1-3-17(18)20(24)23-19/h1-12H,(H,22,23,24). The van der Waals surface area contributed by atoms with Gasteiger partial charge in [-0.1, -0.05) is 23.7 Å². The van der Waals surface area contributed by atoms with E-state index in [1.54, 1.807) is 36.4 Å². The molecule has 0 aliphatic rings. The molecule has 3 aromatic carbocycles. The Hall–Kier alpha value is -2.96. The van der Waals surface area contributed by atoms with Gasteiger partial charge in [0.05, 0.1) is 20.7 Å². The van der Waals surface area contributed by atoms with Crippen molar-refractivity contribution in [3.8, 4) is 11.4 Å². The Balaban J connectivity index is 1.74. The number of aromatic amines is 1. The Morgan fingerprint density at radius 2 is 1.41 bits per heavy atom. The zero-order valence-corrected chi connectivity index (χ0v) is 15.5. The first-order chi connectivity index (χ1) is 12.9. The summed E-state index contributed by atoms with van der Waals surface area (Å²) in [5.74, 6) is 0.383. The van der Waals surface area contributed by atoms with Crippen molar-refractivity contribution in [3.63, 3.8) is 0 Å². The first-order valence-corrected chi connectivity index (χ1v) is 9.91. The number of halogens is 1. The number of para-hydroxylation sites is 1. The second-order valence-corrected chi connectivity index (χ2v) is 8.30. The monoisotopic (exact) mass is 396 g/mol. The molecule has 0 saturated heterocycles. The highest BCUT2D eigenvalue weighted by Crippen LogP contribution is 2.25. The maximum Gasteiger partial charge on any atom is 0.259 e. The van der Waals surface area contributed by atoms with Crippen molar-refractivity contribution >= 4 is 32.3 Å². The second kappa shape index (κ2) is 6.64. The quantitative estimate of drug-likeness (QED) is 0.566. The van der Waals surface area contributed by atoms with Crippen LogP contribution in [0.4, 0.5) is 0 Å². The Labute approximate surface area is 160 Å². The zero-order chi connectivity index (χ0) is 19.0. The maximum atomic E-state index is 12.7. The molecule has 5 nitrogen and oxygen atoms in total. The van der Waals surface area contributed by atoms with Crippen LogP contribution in [0.1, 0.15) is 0 Å². The molecule has 0 aliphatic heterocycles. The van der Waals surface area contributed by atoms with E-state index >= 15 is 0 Å². The Morgan fingerprint density at radius 1 is 0.815 bits per heavy atom. The van der Waals surface area contributed by atoms with Crippen LogP contribution in [0, 0.1) is 0 Å². The van der Waals surface area contributed by atoms with Crippen LogP contribution in [0.15, 0.2) is 87.4 Å². The SMILES string of the molecule is O=c1[nH]c(-c2ccc(S(=O)(=O)c3ccc(Cl)cc3)cc2)nc2ccccc12. The van der Waals surface area contributed by atoms with Crippen molar-refractivity contribution in [3.05, 3.63) is 88.2 Å². The van der Waals surface area contributed by atoms with E-state index in [1.807, 2.05) is 0 Å². The molecule has 0 unspecified atom stereocenters. The predicted octanol–water partition coefficient (Wildman–Crippen LogP) is 4.08. The molecular weight excluding hydrogens is 384 g/mol. The summed E-state index contributed by atoms with van der Waals surface area (Å²) in [6.07, 6.45) is 0. The van der Waals surface area contributed by atoms with Gasteiger partial charge in [-0.25, -0.2) is 13.4 Å². The third-order valence-electron chi connectivity index (χ3n) is 4.17. The highest BCUT2D eigenvalue weighted by atomic mass is 35.5. The van der Waals surface area contributed by atoms with Gasteiger partial charge in [0.15, 0.2) is 0 Å². The van der Waals surface area contributed by atoms with Gasteiger partial charge in [-0.15, -0.1) is 0 Å². The lowest BCUT2D eigenvalue weighted by molar-refractivity contribution is 0.596. The minimum absolute atomic E-state index is 0.150. The molecular formula is C20H13ClN2O3S. The molecule has 1 N–H and O–H groups in total. The lowest BCUT2D eigenvalue weighted by atomic mass is 10.2. The van der Waals surface area contributed by atoms with Gasteiger partial charge in [0, 0.05) is 10.6 Å². The van der Waals surface area contributed by atoms with Crippen LogP contribution in [0.2, 0.25) is 5.02 Å². The van der Waals surface area contributed by atoms with Gasteiger partial charge in [0.2, 0.25) is 9.84 Å². The summed E-state index contributed by atoms with van der Waals surface area (Å²) in [4.78, 5) is 19.7. The van der Waals surface area contributed by atoms with Crippen LogP contribution in [-0.2, 0) is 9.84 Å². The molecule has 0 spiro atoms. The summed E-state index contributed by atoms with van der Waals surface area (Å²) in [5, 5.41) is 0.971. The molecule has 1 aromatic heterocycles. The van der Waals surface area contributed by atoms with Gasteiger partial charge in [-0.3, -0.25) is 4.79 Å². The molecule has 0 atom stereocenters. The molecule has 0 fully saturated rings. The van der Waals surface area contributed by atoms with Crippen LogP contribution in [0.3, 0.4) is 0 Å². The molecule has 0 bridgehead atoms. The molecule has 134 valence electrons. The van der Waals surface area contributed by atoms with Crippen LogP contribution in [0.25, 0.3) is 22.3 Å². The molecule has 0 radical (unpaired) electrons. The van der Waals surface area contributed by atoms with Gasteiger partial charge in [-0.05, 0) is 60.7 Å². The summed E-state index contributed by atoms with van der Waals surface area (Å²) in [6, 6.07) is 19.3. The first kappa shape index (κ1) is 17.5. The second-order valence-electron chi connectivity index (χ2n) is 5.91. The lowest BCUT2D eigenvalue weighted by Crippen LogP contribution is -2.09. The van der Waals surface area contributed by atoms with E-state index in [0.29, 0.717) is 27.3 Å². The van der Waals surface area contributed by atoms with E-state index in [0.717, 1.165) is 0 Å². The van der Waals surface area contributed by atoms with Crippen molar-refractivity contribution in [2.75, 3.05) is 0 Å². The smallest absolute Gasteiger partial charge is 0.259 e. The largest absolute Gasteiger partial charge is 0.306 e. The summed E-state index contributed by atoms with van der Waals surface area (Å²) < 4.78 is 25.4. The summed E-state index contributed by atoms with van der Waals surface area (Å²) >= 11 is 5.82. The molecule has 0 aliphatic carbocycles. The van der Waals surface area contributed by atoms with E-state index in [4.69, 9.17) is 11.6 Å². The Bertz CT molecular complexity index is 1300. The van der Waals surface area contributed by atoms with Gasteiger partial charge in [0.25, 0.3) is 5.56 Å². The molecule has 27 heavy (non-hydrogen) atoms. The number of rotatable bonds is 3. The molecule has 7 heteroatoms. The van der Waals surface area contributed by atoms with Gasteiger partial charge in [-0.2, -0.15) is 0 Å². The van der Waals surface area contributed by atoms with Crippen molar-refractivity contribution in [1.82, 2.24) is 9.97 Å². The molecule has 0 amide bonds. The fourth-order valence-corrected chi connectivity index (χ4v) is 4.15. The topological polar surface area (TPSA) is 79.9 Å². The normalized spacial score (nSPS) is 11.6. The average molecular weight is 397 g/mol. The van der Waals surface area contributed by atoms with Crippen LogP contribution >= 0.6 is 11.6 Å². The third kappa shape index (κ3) is 3.25. The van der Waals surface area contributed by atoms with E-state index < -0.39 is 9.84 Å². The third-order valence-corrected chi connectivity index (χ3v) is 6.21. The van der Waals surface area contributed by atoms with Crippen molar-refractivity contribution < 1.29 is 8.42 Å². The molecule has 0 saturated carbocycles. The van der Waals surface area contributed by atoms with E-state index in [2.05, 4.69) is 9.97 Å². The lowest BCUT2D eigenvalue weighted by Gasteiger charge is -2.07. The highest BCUT2D eigenvalue weighted by Gasteiger charge is 2.17. The zero-order valence-electron chi connectivity index (χ0n) is 13.9. The maximum absolute atomic E-state index is 12.7. The number of aromatic nitrogens is 2. The summed E-state index contributed by atoms with van der Waals surface area (Å²) in [6.45, 7) is 0. The van der Waals surface area contributed by atoms with Gasteiger partial charge in [0.1, 0.15) is 5.82 Å². The number of hydrogen-bond donors (Lipinski definition) is 1. The van der Waals surface area contributed by atoms with Gasteiger partial charge >= 0.3 is 0 Å². The van der Waals surface area contributed by atoms with Crippen molar-refractivity contribution in [2.45, 2.75) is 9.79 Å². The number of fused-ring (bicyclic) bond motifs is 1. The number of nitrogens with one attached hydrogen (secondary N) is 1. The number of nitrogens with zero attached hydrogens (tertiary/aromatic N) is 1. The number of sulfone groups is 1. The molecule has 1 heterocycles. The Kier molecular flexibility index (Phi) is 4.30. The van der Waals surface area contributed by atoms with E-state index in [9.17, 15) is 13.2 Å². The van der Waals surface area contributed by atoms with Crippen molar-refractivity contribution in [1.29, 1.82) is 0 Å². The summed E-state index contributed by atoms with van der Waals surface area (Å²) in [5.41, 5.74) is 0.954. The van der Waals surface area contributed by atoms with Crippen LogP contribution < -0.4 is 5.56 Å². The first-order valence-electron chi connectivity index (χ1n) is 8.05. The number of benzene rings is 3. The minimum atomic E-state index is -3.65. The number of H-pyrrole nitrogens is 1. The Morgan fingerprint density at radius 3 is 2.07 bits per heavy atom. The molecule has 4 aromatic rings. The minimum Gasteiger partial charge on any atom is -0.306 e.